The van der Waals surface area contributed by atoms with Gasteiger partial charge in [-0.15, -0.1) is 0 Å². The van der Waals surface area contributed by atoms with Crippen molar-refractivity contribution in [2.45, 2.75) is 20.4 Å². The van der Waals surface area contributed by atoms with E-state index in [9.17, 15) is 4.39 Å². The summed E-state index contributed by atoms with van der Waals surface area (Å²) < 4.78 is 13.7. The van der Waals surface area contributed by atoms with Crippen LogP contribution in [0.5, 0.6) is 0 Å². The fourth-order valence-electron chi connectivity index (χ4n) is 2.33. The lowest BCUT2D eigenvalue weighted by Gasteiger charge is -2.23. The first-order chi connectivity index (χ1) is 11.5. The van der Waals surface area contributed by atoms with Crippen LogP contribution in [-0.4, -0.2) is 15.0 Å². The fraction of sp³-hybridized carbons (Fsp3) is 0.167. The second-order valence-corrected chi connectivity index (χ2v) is 5.51. The molecule has 0 atom stereocenters. The van der Waals surface area contributed by atoms with E-state index in [4.69, 9.17) is 5.73 Å². The molecule has 0 unspecified atom stereocenters. The monoisotopic (exact) mass is 323 g/mol. The number of aryl methyl sites for hydroxylation is 1. The Morgan fingerprint density at radius 2 is 1.92 bits per heavy atom. The average molecular weight is 323 g/mol. The van der Waals surface area contributed by atoms with Crippen molar-refractivity contribution in [2.75, 3.05) is 10.6 Å². The second-order valence-electron chi connectivity index (χ2n) is 5.51. The van der Waals surface area contributed by atoms with Crippen molar-refractivity contribution in [3.63, 3.8) is 0 Å². The van der Waals surface area contributed by atoms with E-state index in [2.05, 4.69) is 15.0 Å². The van der Waals surface area contributed by atoms with E-state index < -0.39 is 0 Å². The van der Waals surface area contributed by atoms with Crippen LogP contribution < -0.4 is 10.6 Å². The number of hydrogen-bond donors (Lipinski definition) is 1. The Bertz CT molecular complexity index is 828. The Balaban J connectivity index is 2.08. The van der Waals surface area contributed by atoms with Crippen LogP contribution in [0.4, 0.5) is 21.8 Å². The van der Waals surface area contributed by atoms with Gasteiger partial charge in [0, 0.05) is 23.1 Å². The number of nitrogen functional groups attached to an aromatic ring is 1. The molecule has 0 amide bonds. The van der Waals surface area contributed by atoms with Gasteiger partial charge in [0.25, 0.3) is 0 Å². The third-order valence-corrected chi connectivity index (χ3v) is 3.82. The van der Waals surface area contributed by atoms with Gasteiger partial charge in [-0.05, 0) is 44.2 Å². The number of nitrogens with zero attached hydrogens (tertiary/aromatic N) is 4. The molecule has 2 heterocycles. The lowest BCUT2D eigenvalue weighted by Crippen LogP contribution is -2.21. The molecule has 0 aliphatic carbocycles. The fourth-order valence-corrected chi connectivity index (χ4v) is 2.33. The largest absolute Gasteiger partial charge is 0.383 e. The molecule has 3 aromatic rings. The minimum absolute atomic E-state index is 0.324. The van der Waals surface area contributed by atoms with Crippen LogP contribution in [-0.2, 0) is 6.54 Å². The summed E-state index contributed by atoms with van der Waals surface area (Å²) in [6.45, 7) is 4.16. The number of nitrogens with two attached hydrogens (primary N) is 1. The van der Waals surface area contributed by atoms with Crippen LogP contribution in [0.1, 0.15) is 17.0 Å². The molecular weight excluding hydrogens is 305 g/mol. The molecule has 0 radical (unpaired) electrons. The van der Waals surface area contributed by atoms with E-state index in [0.717, 1.165) is 17.0 Å². The Morgan fingerprint density at radius 1 is 1.08 bits per heavy atom. The summed E-state index contributed by atoms with van der Waals surface area (Å²) in [7, 11) is 0. The van der Waals surface area contributed by atoms with Crippen LogP contribution in [0, 0.1) is 19.7 Å². The van der Waals surface area contributed by atoms with Crippen molar-refractivity contribution in [3.05, 3.63) is 71.4 Å². The number of pyridine rings is 1. The molecule has 0 saturated heterocycles. The predicted molar refractivity (Wildman–Crippen MR) is 92.4 cm³/mol. The summed E-state index contributed by atoms with van der Waals surface area (Å²) in [5, 5.41) is 0. The average Bonchev–Trinajstić information content (AvgIpc) is 2.58. The van der Waals surface area contributed by atoms with Crippen LogP contribution >= 0.6 is 0 Å². The Hall–Kier alpha value is -3.02. The van der Waals surface area contributed by atoms with Gasteiger partial charge in [0.2, 0.25) is 5.95 Å². The molecule has 0 aliphatic rings. The molecular formula is C18H18FN5. The number of hydrogen-bond acceptors (Lipinski definition) is 5. The zero-order valence-electron chi connectivity index (χ0n) is 13.6. The summed E-state index contributed by atoms with van der Waals surface area (Å²) in [4.78, 5) is 15.0. The van der Waals surface area contributed by atoms with Gasteiger partial charge in [-0.2, -0.15) is 4.98 Å². The van der Waals surface area contributed by atoms with E-state index in [1.807, 2.05) is 32.0 Å². The maximum atomic E-state index is 13.7. The molecule has 6 heteroatoms. The summed E-state index contributed by atoms with van der Waals surface area (Å²) in [5.74, 6) is 0.516. The van der Waals surface area contributed by atoms with Crippen LogP contribution in [0.15, 0.2) is 48.7 Å². The number of aromatic nitrogens is 3. The van der Waals surface area contributed by atoms with Crippen LogP contribution in [0.3, 0.4) is 0 Å². The molecule has 2 N–H and O–H groups in total. The highest BCUT2D eigenvalue weighted by molar-refractivity contribution is 5.59. The molecule has 122 valence electrons. The Kier molecular flexibility index (Phi) is 4.37. The molecule has 0 saturated carbocycles. The zero-order chi connectivity index (χ0) is 17.1. The SMILES string of the molecule is Cc1nc(N(Cc2ccccn2)c2cccc(F)c2)nc(N)c1C. The zero-order valence-corrected chi connectivity index (χ0v) is 13.6. The second kappa shape index (κ2) is 6.62. The minimum Gasteiger partial charge on any atom is -0.383 e. The number of benzene rings is 1. The topological polar surface area (TPSA) is 67.9 Å². The van der Waals surface area contributed by atoms with Crippen molar-refractivity contribution in [1.29, 1.82) is 0 Å². The molecule has 0 fully saturated rings. The predicted octanol–water partition coefficient (Wildman–Crippen LogP) is 3.55. The van der Waals surface area contributed by atoms with Crippen LogP contribution in [0.25, 0.3) is 0 Å². The van der Waals surface area contributed by atoms with Gasteiger partial charge in [0.05, 0.1) is 12.2 Å². The third-order valence-electron chi connectivity index (χ3n) is 3.82. The van der Waals surface area contributed by atoms with Gasteiger partial charge in [0.15, 0.2) is 0 Å². The van der Waals surface area contributed by atoms with E-state index in [1.54, 1.807) is 23.2 Å². The number of anilines is 3. The van der Waals surface area contributed by atoms with Gasteiger partial charge in [0.1, 0.15) is 11.6 Å². The molecule has 0 aliphatic heterocycles. The van der Waals surface area contributed by atoms with E-state index in [0.29, 0.717) is 24.0 Å². The summed E-state index contributed by atoms with van der Waals surface area (Å²) in [5.41, 5.74) is 9.09. The van der Waals surface area contributed by atoms with Gasteiger partial charge < -0.3 is 10.6 Å². The van der Waals surface area contributed by atoms with E-state index in [-0.39, 0.29) is 5.82 Å². The Labute approximate surface area is 140 Å². The summed E-state index contributed by atoms with van der Waals surface area (Å²) in [6, 6.07) is 12.0. The van der Waals surface area contributed by atoms with Gasteiger partial charge in [-0.1, -0.05) is 12.1 Å². The third kappa shape index (κ3) is 3.32. The lowest BCUT2D eigenvalue weighted by atomic mass is 10.2. The maximum Gasteiger partial charge on any atom is 0.232 e. The van der Waals surface area contributed by atoms with Gasteiger partial charge in [-0.3, -0.25) is 4.98 Å². The summed E-state index contributed by atoms with van der Waals surface area (Å²) in [6.07, 6.45) is 1.72. The van der Waals surface area contributed by atoms with Crippen molar-refractivity contribution >= 4 is 17.5 Å². The quantitative estimate of drug-likeness (QED) is 0.795. The highest BCUT2D eigenvalue weighted by Crippen LogP contribution is 2.27. The van der Waals surface area contributed by atoms with Crippen molar-refractivity contribution < 1.29 is 4.39 Å². The lowest BCUT2D eigenvalue weighted by molar-refractivity contribution is 0.627. The van der Waals surface area contributed by atoms with Crippen molar-refractivity contribution in [3.8, 4) is 0 Å². The van der Waals surface area contributed by atoms with E-state index >= 15 is 0 Å². The van der Waals surface area contributed by atoms with Crippen molar-refractivity contribution in [2.24, 2.45) is 0 Å². The standard InChI is InChI=1S/C18H18FN5/c1-12-13(2)22-18(23-17(12)20)24(11-15-7-3-4-9-21-15)16-8-5-6-14(19)10-16/h3-10H,11H2,1-2H3,(H2,20,22,23). The van der Waals surface area contributed by atoms with Crippen molar-refractivity contribution in [1.82, 2.24) is 15.0 Å². The molecule has 3 rings (SSSR count). The smallest absolute Gasteiger partial charge is 0.232 e. The Morgan fingerprint density at radius 3 is 2.58 bits per heavy atom. The summed E-state index contributed by atoms with van der Waals surface area (Å²) >= 11 is 0. The molecule has 2 aromatic heterocycles. The molecule has 5 nitrogen and oxygen atoms in total. The normalized spacial score (nSPS) is 10.6. The number of rotatable bonds is 4. The first kappa shape index (κ1) is 15.9. The first-order valence-electron chi connectivity index (χ1n) is 7.58. The molecule has 1 aromatic carbocycles. The van der Waals surface area contributed by atoms with Gasteiger partial charge >= 0.3 is 0 Å². The first-order valence-corrected chi connectivity index (χ1v) is 7.58. The minimum atomic E-state index is -0.324. The number of halogens is 1. The van der Waals surface area contributed by atoms with E-state index in [1.165, 1.54) is 12.1 Å². The highest BCUT2D eigenvalue weighted by Gasteiger charge is 2.16. The molecule has 0 spiro atoms. The molecule has 24 heavy (non-hydrogen) atoms. The maximum absolute atomic E-state index is 13.7. The van der Waals surface area contributed by atoms with Crippen LogP contribution in [0.2, 0.25) is 0 Å². The molecule has 0 bridgehead atoms. The highest BCUT2D eigenvalue weighted by atomic mass is 19.1. The van der Waals surface area contributed by atoms with Gasteiger partial charge in [-0.25, -0.2) is 9.37 Å².